The number of hydrogen-bond donors (Lipinski definition) is 1. The fraction of sp³-hybridized carbons (Fsp3) is 0.211. The van der Waals surface area contributed by atoms with Crippen LogP contribution in [0.4, 0.5) is 15.0 Å². The second-order valence-corrected chi connectivity index (χ2v) is 6.66. The van der Waals surface area contributed by atoms with Crippen molar-refractivity contribution in [3.63, 3.8) is 0 Å². The highest BCUT2D eigenvalue weighted by molar-refractivity contribution is 6.33. The van der Waals surface area contributed by atoms with Crippen LogP contribution >= 0.6 is 11.6 Å². The normalized spacial score (nSPS) is 14.6. The summed E-state index contributed by atoms with van der Waals surface area (Å²) in [5.41, 5.74) is 1.39. The molecule has 1 aliphatic heterocycles. The van der Waals surface area contributed by atoms with Gasteiger partial charge in [-0.1, -0.05) is 23.7 Å². The van der Waals surface area contributed by atoms with E-state index in [2.05, 4.69) is 9.97 Å². The summed E-state index contributed by atoms with van der Waals surface area (Å²) < 4.78 is 14.2. The van der Waals surface area contributed by atoms with E-state index in [1.807, 2.05) is 4.90 Å². The van der Waals surface area contributed by atoms with Gasteiger partial charge in [0.15, 0.2) is 0 Å². The number of anilines is 1. The highest BCUT2D eigenvalue weighted by atomic mass is 35.5. The van der Waals surface area contributed by atoms with E-state index in [1.165, 1.54) is 11.0 Å². The molecule has 3 aromatic rings. The second kappa shape index (κ2) is 7.00. The lowest BCUT2D eigenvalue weighted by Crippen LogP contribution is -2.48. The first kappa shape index (κ1) is 17.5. The topological polar surface area (TPSA) is 69.6 Å². The zero-order chi connectivity index (χ0) is 19.0. The van der Waals surface area contributed by atoms with E-state index in [9.17, 15) is 9.18 Å². The third-order valence-electron chi connectivity index (χ3n) is 4.65. The maximum Gasteiger partial charge on any atom is 0.407 e. The lowest BCUT2D eigenvalue weighted by atomic mass is 10.1. The van der Waals surface area contributed by atoms with Crippen LogP contribution in [0.15, 0.2) is 42.6 Å². The smallest absolute Gasteiger partial charge is 0.407 e. The number of halogens is 2. The molecule has 1 N–H and O–H groups in total. The van der Waals surface area contributed by atoms with Crippen LogP contribution in [-0.2, 0) is 0 Å². The maximum absolute atomic E-state index is 14.2. The SMILES string of the molecule is O=C(O)N1CCN(c2nccc3nc(-c4ccccc4F)c(Cl)cc23)CC1. The highest BCUT2D eigenvalue weighted by Crippen LogP contribution is 2.34. The van der Waals surface area contributed by atoms with Gasteiger partial charge < -0.3 is 14.9 Å². The first-order valence-corrected chi connectivity index (χ1v) is 8.85. The number of piperazine rings is 1. The van der Waals surface area contributed by atoms with Crippen LogP contribution in [0.1, 0.15) is 0 Å². The minimum atomic E-state index is -0.917. The number of rotatable bonds is 2. The number of fused-ring (bicyclic) bond motifs is 1. The molecule has 6 nitrogen and oxygen atoms in total. The van der Waals surface area contributed by atoms with Crippen molar-refractivity contribution in [3.05, 3.63) is 53.4 Å². The molecular weight excluding hydrogens is 371 g/mol. The van der Waals surface area contributed by atoms with Crippen LogP contribution in [0.5, 0.6) is 0 Å². The van der Waals surface area contributed by atoms with Crippen molar-refractivity contribution in [1.29, 1.82) is 0 Å². The van der Waals surface area contributed by atoms with Crippen molar-refractivity contribution in [2.24, 2.45) is 0 Å². The molecular formula is C19H16ClFN4O2. The zero-order valence-electron chi connectivity index (χ0n) is 14.3. The van der Waals surface area contributed by atoms with Gasteiger partial charge in [-0.05, 0) is 24.3 Å². The molecule has 8 heteroatoms. The van der Waals surface area contributed by atoms with Crippen molar-refractivity contribution in [2.45, 2.75) is 0 Å². The predicted octanol–water partition coefficient (Wildman–Crippen LogP) is 3.89. The number of carbonyl (C=O) groups is 1. The molecule has 27 heavy (non-hydrogen) atoms. The van der Waals surface area contributed by atoms with Crippen LogP contribution in [-0.4, -0.2) is 52.2 Å². The van der Waals surface area contributed by atoms with E-state index in [4.69, 9.17) is 16.7 Å². The minimum absolute atomic E-state index is 0.339. The molecule has 138 valence electrons. The largest absolute Gasteiger partial charge is 0.465 e. The average Bonchev–Trinajstić information content (AvgIpc) is 2.68. The molecule has 1 aliphatic rings. The Balaban J connectivity index is 1.74. The lowest BCUT2D eigenvalue weighted by molar-refractivity contribution is 0.142. The molecule has 2 aromatic heterocycles. The van der Waals surface area contributed by atoms with Gasteiger partial charge in [-0.2, -0.15) is 0 Å². The summed E-state index contributed by atoms with van der Waals surface area (Å²) in [6, 6.07) is 9.87. The summed E-state index contributed by atoms with van der Waals surface area (Å²) in [7, 11) is 0. The fourth-order valence-electron chi connectivity index (χ4n) is 3.26. The maximum atomic E-state index is 14.2. The first-order valence-electron chi connectivity index (χ1n) is 8.47. The number of carboxylic acid groups (broad SMARTS) is 1. The first-order chi connectivity index (χ1) is 13.0. The number of aromatic nitrogens is 2. The molecule has 1 amide bonds. The fourth-order valence-corrected chi connectivity index (χ4v) is 3.51. The Bertz CT molecular complexity index is 1020. The van der Waals surface area contributed by atoms with Crippen molar-refractivity contribution in [2.75, 3.05) is 31.1 Å². The number of benzene rings is 1. The van der Waals surface area contributed by atoms with Crippen molar-refractivity contribution >= 4 is 34.4 Å². The minimum Gasteiger partial charge on any atom is -0.465 e. The Morgan fingerprint density at radius 2 is 1.89 bits per heavy atom. The van der Waals surface area contributed by atoms with E-state index < -0.39 is 6.09 Å². The molecule has 0 atom stereocenters. The molecule has 4 rings (SSSR count). The second-order valence-electron chi connectivity index (χ2n) is 6.26. The van der Waals surface area contributed by atoms with Crippen molar-refractivity contribution in [3.8, 4) is 11.3 Å². The van der Waals surface area contributed by atoms with Gasteiger partial charge in [-0.3, -0.25) is 0 Å². The van der Waals surface area contributed by atoms with Crippen LogP contribution < -0.4 is 4.90 Å². The molecule has 1 aromatic carbocycles. The average molecular weight is 387 g/mol. The van der Waals surface area contributed by atoms with Crippen molar-refractivity contribution in [1.82, 2.24) is 14.9 Å². The van der Waals surface area contributed by atoms with Gasteiger partial charge >= 0.3 is 6.09 Å². The molecule has 1 fully saturated rings. The summed E-state index contributed by atoms with van der Waals surface area (Å²) in [6.07, 6.45) is 0.729. The van der Waals surface area contributed by atoms with Crippen LogP contribution in [0, 0.1) is 5.82 Å². The standard InChI is InChI=1S/C19H16ClFN4O2/c20-14-11-13-16(23-17(14)12-3-1-2-4-15(12)21)5-6-22-18(13)24-7-9-25(10-8-24)19(26)27/h1-6,11H,7-10H2,(H,26,27). The third kappa shape index (κ3) is 3.26. The Morgan fingerprint density at radius 1 is 1.15 bits per heavy atom. The Kier molecular flexibility index (Phi) is 4.53. The number of hydrogen-bond acceptors (Lipinski definition) is 4. The predicted molar refractivity (Wildman–Crippen MR) is 102 cm³/mol. The van der Waals surface area contributed by atoms with Crippen LogP contribution in [0.3, 0.4) is 0 Å². The Labute approximate surface area is 159 Å². The summed E-state index contributed by atoms with van der Waals surface area (Å²) in [5.74, 6) is 0.317. The van der Waals surface area contributed by atoms with Crippen LogP contribution in [0.25, 0.3) is 22.2 Å². The summed E-state index contributed by atoms with van der Waals surface area (Å²) in [4.78, 5) is 23.5. The van der Waals surface area contributed by atoms with E-state index in [-0.39, 0.29) is 5.82 Å². The van der Waals surface area contributed by atoms with Crippen LogP contribution in [0.2, 0.25) is 5.02 Å². The van der Waals surface area contributed by atoms with Gasteiger partial charge in [0, 0.05) is 43.3 Å². The van der Waals surface area contributed by atoms with Gasteiger partial charge in [0.05, 0.1) is 16.2 Å². The van der Waals surface area contributed by atoms with Gasteiger partial charge in [0.2, 0.25) is 0 Å². The molecule has 0 saturated carbocycles. The van der Waals surface area contributed by atoms with Gasteiger partial charge in [-0.25, -0.2) is 19.2 Å². The molecule has 0 unspecified atom stereocenters. The summed E-state index contributed by atoms with van der Waals surface area (Å²) >= 11 is 6.42. The molecule has 3 heterocycles. The molecule has 0 spiro atoms. The molecule has 0 bridgehead atoms. The monoisotopic (exact) mass is 386 g/mol. The van der Waals surface area contributed by atoms with E-state index in [1.54, 1.807) is 36.5 Å². The van der Waals surface area contributed by atoms with Gasteiger partial charge in [0.25, 0.3) is 0 Å². The zero-order valence-corrected chi connectivity index (χ0v) is 15.0. The Morgan fingerprint density at radius 3 is 2.59 bits per heavy atom. The highest BCUT2D eigenvalue weighted by Gasteiger charge is 2.23. The molecule has 1 saturated heterocycles. The van der Waals surface area contributed by atoms with Gasteiger partial charge in [-0.15, -0.1) is 0 Å². The Hall–Kier alpha value is -2.93. The van der Waals surface area contributed by atoms with Gasteiger partial charge in [0.1, 0.15) is 11.6 Å². The van der Waals surface area contributed by atoms with Crippen molar-refractivity contribution < 1.29 is 14.3 Å². The summed E-state index contributed by atoms with van der Waals surface area (Å²) in [6.45, 7) is 1.87. The van der Waals surface area contributed by atoms with E-state index in [0.29, 0.717) is 53.8 Å². The number of nitrogens with zero attached hydrogens (tertiary/aromatic N) is 4. The third-order valence-corrected chi connectivity index (χ3v) is 4.94. The number of amides is 1. The van der Waals surface area contributed by atoms with E-state index in [0.717, 1.165) is 5.39 Å². The van der Waals surface area contributed by atoms with E-state index >= 15 is 0 Å². The molecule has 0 radical (unpaired) electrons. The molecule has 0 aliphatic carbocycles. The quantitative estimate of drug-likeness (QED) is 0.723. The lowest BCUT2D eigenvalue weighted by Gasteiger charge is -2.34. The number of pyridine rings is 2. The summed E-state index contributed by atoms with van der Waals surface area (Å²) in [5, 5.41) is 10.2.